The third kappa shape index (κ3) is 9.35. The normalized spacial score (nSPS) is 12.7. The van der Waals surface area contributed by atoms with E-state index >= 15 is 0 Å². The first-order chi connectivity index (χ1) is 16.2. The van der Waals surface area contributed by atoms with Crippen molar-refractivity contribution in [1.29, 1.82) is 0 Å². The van der Waals surface area contributed by atoms with Crippen molar-refractivity contribution < 1.29 is 18.0 Å². The first kappa shape index (κ1) is 28.9. The summed E-state index contributed by atoms with van der Waals surface area (Å²) in [5.74, 6) is -0.514. The van der Waals surface area contributed by atoms with E-state index in [1.54, 1.807) is 43.3 Å². The molecule has 2 aromatic rings. The molecule has 1 N–H and O–H groups in total. The van der Waals surface area contributed by atoms with E-state index in [2.05, 4.69) is 5.32 Å². The molecule has 192 valence electrons. The van der Waals surface area contributed by atoms with Crippen LogP contribution in [0.2, 0.25) is 10.0 Å². The highest BCUT2D eigenvalue weighted by molar-refractivity contribution is 7.92. The second-order valence-electron chi connectivity index (χ2n) is 9.48. The highest BCUT2D eigenvalue weighted by Gasteiger charge is 2.28. The Bertz CT molecular complexity index is 1110. The second kappa shape index (κ2) is 12.1. The minimum Gasteiger partial charge on any atom is -0.350 e. The molecule has 0 bridgehead atoms. The Kier molecular flexibility index (Phi) is 10.0. The number of carbonyl (C=O) groups excluding carboxylic acids is 2. The van der Waals surface area contributed by atoms with Gasteiger partial charge >= 0.3 is 0 Å². The Morgan fingerprint density at radius 1 is 0.971 bits per heavy atom. The molecule has 2 amide bonds. The van der Waals surface area contributed by atoms with Crippen LogP contribution in [0.15, 0.2) is 48.5 Å². The van der Waals surface area contributed by atoms with Crippen LogP contribution < -0.4 is 9.62 Å². The van der Waals surface area contributed by atoms with Crippen molar-refractivity contribution in [3.63, 3.8) is 0 Å². The third-order valence-corrected chi connectivity index (χ3v) is 6.90. The Balaban J connectivity index is 2.17. The quantitative estimate of drug-likeness (QED) is 0.464. The summed E-state index contributed by atoms with van der Waals surface area (Å²) in [6.45, 7) is 7.65. The van der Waals surface area contributed by atoms with Gasteiger partial charge in [0.15, 0.2) is 0 Å². The first-order valence-corrected chi connectivity index (χ1v) is 13.9. The molecule has 35 heavy (non-hydrogen) atoms. The van der Waals surface area contributed by atoms with Crippen molar-refractivity contribution in [1.82, 2.24) is 10.2 Å². The highest BCUT2D eigenvalue weighted by Crippen LogP contribution is 2.22. The van der Waals surface area contributed by atoms with E-state index in [0.29, 0.717) is 15.7 Å². The Labute approximate surface area is 218 Å². The maximum Gasteiger partial charge on any atom is 0.242 e. The molecular formula is C25H33Cl2N3O4S. The number of carbonyl (C=O) groups is 2. The van der Waals surface area contributed by atoms with Gasteiger partial charge in [0.2, 0.25) is 21.8 Å². The number of nitrogens with zero attached hydrogens (tertiary/aromatic N) is 2. The summed E-state index contributed by atoms with van der Waals surface area (Å²) in [6, 6.07) is 12.8. The van der Waals surface area contributed by atoms with Crippen LogP contribution in [0.25, 0.3) is 0 Å². The largest absolute Gasteiger partial charge is 0.350 e. The third-order valence-electron chi connectivity index (χ3n) is 5.20. The smallest absolute Gasteiger partial charge is 0.242 e. The lowest BCUT2D eigenvalue weighted by Gasteiger charge is -2.32. The molecule has 0 aromatic heterocycles. The van der Waals surface area contributed by atoms with E-state index < -0.39 is 21.6 Å². The molecule has 0 aliphatic carbocycles. The summed E-state index contributed by atoms with van der Waals surface area (Å²) in [6.07, 6.45) is 1.47. The molecule has 0 radical (unpaired) electrons. The van der Waals surface area contributed by atoms with Crippen LogP contribution in [0.4, 0.5) is 5.69 Å². The number of hydrogen-bond acceptors (Lipinski definition) is 4. The highest BCUT2D eigenvalue weighted by atomic mass is 35.5. The fourth-order valence-electron chi connectivity index (χ4n) is 3.45. The summed E-state index contributed by atoms with van der Waals surface area (Å²) < 4.78 is 26.0. The molecule has 0 saturated heterocycles. The van der Waals surface area contributed by atoms with Crippen LogP contribution in [0, 0.1) is 0 Å². The molecule has 0 spiro atoms. The number of halogens is 2. The Hall–Kier alpha value is -2.29. The van der Waals surface area contributed by atoms with E-state index in [9.17, 15) is 18.0 Å². The molecule has 10 heteroatoms. The van der Waals surface area contributed by atoms with Crippen LogP contribution >= 0.6 is 23.2 Å². The van der Waals surface area contributed by atoms with Gasteiger partial charge < -0.3 is 10.2 Å². The first-order valence-electron chi connectivity index (χ1n) is 11.3. The van der Waals surface area contributed by atoms with Gasteiger partial charge in [0.05, 0.1) is 11.9 Å². The number of rotatable bonds is 10. The molecule has 0 aliphatic heterocycles. The lowest BCUT2D eigenvalue weighted by atomic mass is 10.1. The molecular weight excluding hydrogens is 509 g/mol. The van der Waals surface area contributed by atoms with Crippen LogP contribution in [-0.4, -0.2) is 49.5 Å². The van der Waals surface area contributed by atoms with Crippen LogP contribution in [0.5, 0.6) is 0 Å². The van der Waals surface area contributed by atoms with Crippen molar-refractivity contribution >= 4 is 50.7 Å². The fourth-order valence-corrected chi connectivity index (χ4v) is 4.67. The van der Waals surface area contributed by atoms with Crippen molar-refractivity contribution in [3.8, 4) is 0 Å². The van der Waals surface area contributed by atoms with Crippen molar-refractivity contribution in [3.05, 3.63) is 64.1 Å². The van der Waals surface area contributed by atoms with Gasteiger partial charge in [-0.05, 0) is 76.1 Å². The van der Waals surface area contributed by atoms with Gasteiger partial charge in [0.1, 0.15) is 6.04 Å². The zero-order chi connectivity index (χ0) is 26.4. The molecule has 1 atom stereocenters. The van der Waals surface area contributed by atoms with Gasteiger partial charge in [-0.2, -0.15) is 0 Å². The Morgan fingerprint density at radius 2 is 1.49 bits per heavy atom. The molecule has 2 rings (SSSR count). The zero-order valence-electron chi connectivity index (χ0n) is 20.7. The minimum atomic E-state index is -3.56. The molecule has 0 aliphatic rings. The number of nitrogens with one attached hydrogen (secondary N) is 1. The standard InChI is InChI=1S/C25H33Cl2N3O4S/c1-18(24(32)28-25(2,3)4)29(17-19-8-10-20(26)11-9-19)23(31)7-6-16-30(35(5,33)34)22-14-12-21(27)13-15-22/h8-15,18H,6-7,16-17H2,1-5H3,(H,28,32)/t18-/m1/s1. The zero-order valence-corrected chi connectivity index (χ0v) is 23.0. The van der Waals surface area contributed by atoms with Crippen LogP contribution in [0.3, 0.4) is 0 Å². The monoisotopic (exact) mass is 541 g/mol. The van der Waals surface area contributed by atoms with Crippen molar-refractivity contribution in [2.24, 2.45) is 0 Å². The summed E-state index contributed by atoms with van der Waals surface area (Å²) in [5, 5.41) is 3.99. The molecule has 2 aromatic carbocycles. The Morgan fingerprint density at radius 3 is 1.97 bits per heavy atom. The van der Waals surface area contributed by atoms with Gasteiger partial charge in [-0.25, -0.2) is 8.42 Å². The molecule has 0 fully saturated rings. The summed E-state index contributed by atoms with van der Waals surface area (Å²) in [4.78, 5) is 27.6. The number of anilines is 1. The van der Waals surface area contributed by atoms with Gasteiger partial charge in [-0.1, -0.05) is 35.3 Å². The molecule has 0 heterocycles. The van der Waals surface area contributed by atoms with Gasteiger partial charge in [-0.3, -0.25) is 13.9 Å². The van der Waals surface area contributed by atoms with E-state index in [0.717, 1.165) is 11.8 Å². The lowest BCUT2D eigenvalue weighted by molar-refractivity contribution is -0.141. The lowest BCUT2D eigenvalue weighted by Crippen LogP contribution is -2.52. The van der Waals surface area contributed by atoms with E-state index in [1.165, 1.54) is 9.21 Å². The number of benzene rings is 2. The van der Waals surface area contributed by atoms with E-state index in [1.807, 2.05) is 32.9 Å². The van der Waals surface area contributed by atoms with E-state index in [4.69, 9.17) is 23.2 Å². The van der Waals surface area contributed by atoms with E-state index in [-0.39, 0.29) is 37.7 Å². The van der Waals surface area contributed by atoms with Gasteiger partial charge in [-0.15, -0.1) is 0 Å². The number of amides is 2. The number of hydrogen-bond donors (Lipinski definition) is 1. The second-order valence-corrected chi connectivity index (χ2v) is 12.3. The topological polar surface area (TPSA) is 86.8 Å². The number of sulfonamides is 1. The van der Waals surface area contributed by atoms with Gasteiger partial charge in [0, 0.05) is 35.1 Å². The maximum atomic E-state index is 13.3. The average molecular weight is 543 g/mol. The molecule has 0 unspecified atom stereocenters. The fraction of sp³-hybridized carbons (Fsp3) is 0.440. The summed E-state index contributed by atoms with van der Waals surface area (Å²) >= 11 is 11.9. The average Bonchev–Trinajstić information content (AvgIpc) is 2.74. The summed E-state index contributed by atoms with van der Waals surface area (Å²) in [5.41, 5.74) is 0.854. The van der Waals surface area contributed by atoms with Crippen LogP contribution in [-0.2, 0) is 26.2 Å². The molecule has 7 nitrogen and oxygen atoms in total. The molecule has 0 saturated carbocycles. The maximum absolute atomic E-state index is 13.3. The van der Waals surface area contributed by atoms with Crippen molar-refractivity contribution in [2.45, 2.75) is 58.7 Å². The predicted molar refractivity (Wildman–Crippen MR) is 142 cm³/mol. The van der Waals surface area contributed by atoms with Crippen molar-refractivity contribution in [2.75, 3.05) is 17.1 Å². The van der Waals surface area contributed by atoms with Gasteiger partial charge in [0.25, 0.3) is 0 Å². The minimum absolute atomic E-state index is 0.0698. The summed E-state index contributed by atoms with van der Waals surface area (Å²) in [7, 11) is -3.56. The predicted octanol–water partition coefficient (Wildman–Crippen LogP) is 4.87. The SMILES string of the molecule is C[C@H](C(=O)NC(C)(C)C)N(Cc1ccc(Cl)cc1)C(=O)CCCN(c1ccc(Cl)cc1)S(C)(=O)=O. The van der Waals surface area contributed by atoms with Crippen LogP contribution in [0.1, 0.15) is 46.1 Å².